The van der Waals surface area contributed by atoms with E-state index in [0.717, 1.165) is 34.4 Å². The Morgan fingerprint density at radius 1 is 1.15 bits per heavy atom. The van der Waals surface area contributed by atoms with Crippen molar-refractivity contribution in [3.8, 4) is 11.4 Å². The molecule has 0 aliphatic carbocycles. The van der Waals surface area contributed by atoms with E-state index in [1.54, 1.807) is 7.11 Å². The summed E-state index contributed by atoms with van der Waals surface area (Å²) in [6.07, 6.45) is 0. The van der Waals surface area contributed by atoms with Gasteiger partial charge in [0.1, 0.15) is 5.75 Å². The lowest BCUT2D eigenvalue weighted by Gasteiger charge is -2.11. The number of thioether (sulfide) groups is 1. The van der Waals surface area contributed by atoms with E-state index in [1.165, 1.54) is 0 Å². The van der Waals surface area contributed by atoms with Crippen LogP contribution in [0.2, 0.25) is 0 Å². The second-order valence-electron chi connectivity index (χ2n) is 5.83. The summed E-state index contributed by atoms with van der Waals surface area (Å²) < 4.78 is 7.04. The van der Waals surface area contributed by atoms with Crippen molar-refractivity contribution >= 4 is 23.4 Å². The highest BCUT2D eigenvalue weighted by Crippen LogP contribution is 2.23. The maximum Gasteiger partial charge on any atom is 0.313 e. The quantitative estimate of drug-likeness (QED) is 0.576. The van der Waals surface area contributed by atoms with Gasteiger partial charge in [0.05, 0.1) is 19.4 Å². The molecule has 0 bridgehead atoms. The highest BCUT2D eigenvalue weighted by molar-refractivity contribution is 7.99. The number of aryl methyl sites for hydroxylation is 1. The van der Waals surface area contributed by atoms with Crippen LogP contribution < -0.4 is 10.1 Å². The van der Waals surface area contributed by atoms with Gasteiger partial charge in [0.15, 0.2) is 11.0 Å². The van der Waals surface area contributed by atoms with Gasteiger partial charge in [-0.3, -0.25) is 9.36 Å². The van der Waals surface area contributed by atoms with Gasteiger partial charge >= 0.3 is 5.97 Å². The zero-order chi connectivity index (χ0) is 19.2. The largest absolute Gasteiger partial charge is 0.497 e. The summed E-state index contributed by atoms with van der Waals surface area (Å²) in [5, 5.41) is 21.3. The first-order valence-corrected chi connectivity index (χ1v) is 9.29. The number of carboxylic acid groups (broad SMARTS) is 1. The number of carboxylic acids is 1. The molecule has 3 aromatic rings. The Labute approximate surface area is 161 Å². The minimum atomic E-state index is -0.892. The van der Waals surface area contributed by atoms with Gasteiger partial charge in [-0.15, -0.1) is 10.2 Å². The third-order valence-corrected chi connectivity index (χ3v) is 4.77. The van der Waals surface area contributed by atoms with Crippen molar-refractivity contribution < 1.29 is 14.6 Å². The second kappa shape index (κ2) is 8.59. The number of rotatable bonds is 8. The van der Waals surface area contributed by atoms with Gasteiger partial charge in [0.2, 0.25) is 0 Å². The molecule has 2 aromatic carbocycles. The molecule has 0 radical (unpaired) electrons. The summed E-state index contributed by atoms with van der Waals surface area (Å²) in [5.41, 5.74) is 2.96. The average molecular weight is 384 g/mol. The maximum absolute atomic E-state index is 10.9. The number of carbonyl (C=O) groups is 1. The molecule has 1 aromatic heterocycles. The van der Waals surface area contributed by atoms with E-state index in [1.807, 2.05) is 60.0 Å². The van der Waals surface area contributed by atoms with Gasteiger partial charge in [-0.25, -0.2) is 0 Å². The van der Waals surface area contributed by atoms with Gasteiger partial charge < -0.3 is 15.2 Å². The van der Waals surface area contributed by atoms with Crippen molar-refractivity contribution in [2.24, 2.45) is 0 Å². The lowest BCUT2D eigenvalue weighted by atomic mass is 10.2. The van der Waals surface area contributed by atoms with Crippen molar-refractivity contribution in [3.63, 3.8) is 0 Å². The average Bonchev–Trinajstić information content (AvgIpc) is 3.08. The van der Waals surface area contributed by atoms with Crippen LogP contribution in [0.4, 0.5) is 5.69 Å². The highest BCUT2D eigenvalue weighted by Gasteiger charge is 2.15. The smallest absolute Gasteiger partial charge is 0.313 e. The molecule has 0 aliphatic rings. The first-order chi connectivity index (χ1) is 13.1. The van der Waals surface area contributed by atoms with Crippen molar-refractivity contribution in [1.82, 2.24) is 14.8 Å². The monoisotopic (exact) mass is 384 g/mol. The van der Waals surface area contributed by atoms with E-state index in [2.05, 4.69) is 15.5 Å². The van der Waals surface area contributed by atoms with E-state index in [9.17, 15) is 4.79 Å². The molecule has 140 valence electrons. The van der Waals surface area contributed by atoms with Crippen molar-refractivity contribution in [3.05, 3.63) is 59.9 Å². The fourth-order valence-electron chi connectivity index (χ4n) is 2.48. The predicted molar refractivity (Wildman–Crippen MR) is 105 cm³/mol. The summed E-state index contributed by atoms with van der Waals surface area (Å²) in [6.45, 7) is 2.46. The molecule has 27 heavy (non-hydrogen) atoms. The number of nitrogens with one attached hydrogen (secondary N) is 1. The zero-order valence-corrected chi connectivity index (χ0v) is 15.9. The molecule has 0 saturated heterocycles. The number of methoxy groups -OCH3 is 1. The fourth-order valence-corrected chi connectivity index (χ4v) is 3.17. The molecule has 1 heterocycles. The number of hydrogen-bond donors (Lipinski definition) is 2. The van der Waals surface area contributed by atoms with Gasteiger partial charge in [0.25, 0.3) is 0 Å². The van der Waals surface area contributed by atoms with Crippen LogP contribution in [0.25, 0.3) is 5.69 Å². The van der Waals surface area contributed by atoms with Crippen molar-refractivity contribution in [2.75, 3.05) is 18.2 Å². The van der Waals surface area contributed by atoms with E-state index < -0.39 is 5.97 Å². The van der Waals surface area contributed by atoms with Crippen molar-refractivity contribution in [1.29, 1.82) is 0 Å². The molecule has 7 nitrogen and oxygen atoms in total. The molecule has 0 amide bonds. The zero-order valence-electron chi connectivity index (χ0n) is 15.0. The summed E-state index contributed by atoms with van der Waals surface area (Å²) in [7, 11) is 1.63. The van der Waals surface area contributed by atoms with Crippen LogP contribution >= 0.6 is 11.8 Å². The Morgan fingerprint density at radius 3 is 2.48 bits per heavy atom. The van der Waals surface area contributed by atoms with Gasteiger partial charge in [-0.2, -0.15) is 0 Å². The first kappa shape index (κ1) is 18.8. The number of anilines is 1. The SMILES string of the molecule is COc1ccc(NCc2nnc(SCC(=O)O)n2-c2ccc(C)cc2)cc1. The van der Waals surface area contributed by atoms with Crippen LogP contribution in [0.5, 0.6) is 5.75 Å². The summed E-state index contributed by atoms with van der Waals surface area (Å²) in [4.78, 5) is 10.9. The van der Waals surface area contributed by atoms with E-state index >= 15 is 0 Å². The molecule has 8 heteroatoms. The minimum absolute atomic E-state index is 0.0735. The summed E-state index contributed by atoms with van der Waals surface area (Å²) in [5.74, 6) is 0.519. The van der Waals surface area contributed by atoms with E-state index in [0.29, 0.717) is 17.5 Å². The minimum Gasteiger partial charge on any atom is -0.497 e. The van der Waals surface area contributed by atoms with Crippen LogP contribution in [-0.2, 0) is 11.3 Å². The molecule has 0 fully saturated rings. The Bertz CT molecular complexity index is 908. The number of hydrogen-bond acceptors (Lipinski definition) is 6. The standard InChI is InChI=1S/C19H20N4O3S/c1-13-3-7-15(8-4-13)23-17(21-22-19(23)27-12-18(24)25)11-20-14-5-9-16(26-2)10-6-14/h3-10,20H,11-12H2,1-2H3,(H,24,25). The van der Waals surface area contributed by atoms with Gasteiger partial charge in [0, 0.05) is 11.4 Å². The van der Waals surface area contributed by atoms with E-state index in [4.69, 9.17) is 9.84 Å². The lowest BCUT2D eigenvalue weighted by Crippen LogP contribution is -2.09. The molecule has 0 unspecified atom stereocenters. The summed E-state index contributed by atoms with van der Waals surface area (Å²) >= 11 is 1.15. The van der Waals surface area contributed by atoms with Crippen molar-refractivity contribution in [2.45, 2.75) is 18.6 Å². The Kier molecular flexibility index (Phi) is 5.97. The molecule has 2 N–H and O–H groups in total. The van der Waals surface area contributed by atoms with Gasteiger partial charge in [-0.05, 0) is 43.3 Å². The molecular weight excluding hydrogens is 364 g/mol. The Hall–Kier alpha value is -3.00. The topological polar surface area (TPSA) is 89.3 Å². The normalized spacial score (nSPS) is 10.6. The molecule has 0 atom stereocenters. The maximum atomic E-state index is 10.9. The van der Waals surface area contributed by atoms with Crippen LogP contribution in [0.3, 0.4) is 0 Å². The lowest BCUT2D eigenvalue weighted by molar-refractivity contribution is -0.133. The van der Waals surface area contributed by atoms with Crippen LogP contribution in [0.1, 0.15) is 11.4 Å². The number of benzene rings is 2. The Morgan fingerprint density at radius 2 is 1.85 bits per heavy atom. The summed E-state index contributed by atoms with van der Waals surface area (Å²) in [6, 6.07) is 15.5. The third kappa shape index (κ3) is 4.79. The predicted octanol–water partition coefficient (Wildman–Crippen LogP) is 3.37. The molecule has 0 aliphatic heterocycles. The van der Waals surface area contributed by atoms with Crippen LogP contribution in [-0.4, -0.2) is 38.7 Å². The highest BCUT2D eigenvalue weighted by atomic mass is 32.2. The van der Waals surface area contributed by atoms with Crippen LogP contribution in [0.15, 0.2) is 53.7 Å². The fraction of sp³-hybridized carbons (Fsp3) is 0.211. The number of nitrogens with zero attached hydrogens (tertiary/aromatic N) is 3. The second-order valence-corrected chi connectivity index (χ2v) is 6.78. The number of ether oxygens (including phenoxy) is 1. The molecule has 0 spiro atoms. The molecule has 0 saturated carbocycles. The van der Waals surface area contributed by atoms with Gasteiger partial charge in [-0.1, -0.05) is 29.5 Å². The number of aromatic nitrogens is 3. The molecular formula is C19H20N4O3S. The van der Waals surface area contributed by atoms with Crippen LogP contribution in [0, 0.1) is 6.92 Å². The third-order valence-electron chi connectivity index (χ3n) is 3.86. The number of aliphatic carboxylic acids is 1. The van der Waals surface area contributed by atoms with E-state index in [-0.39, 0.29) is 5.75 Å². The first-order valence-electron chi connectivity index (χ1n) is 8.30. The Balaban J connectivity index is 1.84. The molecule has 3 rings (SSSR count).